The number of ether oxygens (including phenoxy) is 1. The van der Waals surface area contributed by atoms with Crippen molar-refractivity contribution in [1.82, 2.24) is 24.8 Å². The van der Waals surface area contributed by atoms with Gasteiger partial charge in [0.1, 0.15) is 5.82 Å². The summed E-state index contributed by atoms with van der Waals surface area (Å²) in [4.78, 5) is 21.0. The highest BCUT2D eigenvalue weighted by atomic mass is 16.5. The highest BCUT2D eigenvalue weighted by Crippen LogP contribution is 2.24. The van der Waals surface area contributed by atoms with E-state index in [-0.39, 0.29) is 5.91 Å². The third kappa shape index (κ3) is 3.52. The minimum atomic E-state index is 0.175. The molecule has 0 aliphatic carbocycles. The van der Waals surface area contributed by atoms with Crippen LogP contribution in [0.15, 0.2) is 18.3 Å². The Morgan fingerprint density at radius 1 is 1.27 bits per heavy atom. The van der Waals surface area contributed by atoms with E-state index in [1.165, 1.54) is 0 Å². The summed E-state index contributed by atoms with van der Waals surface area (Å²) in [5.74, 6) is 1.26. The Morgan fingerprint density at radius 3 is 2.92 bits per heavy atom. The monoisotopic (exact) mass is 358 g/mol. The minimum absolute atomic E-state index is 0.175. The molecule has 4 rings (SSSR count). The average molecular weight is 358 g/mol. The van der Waals surface area contributed by atoms with E-state index in [4.69, 9.17) is 4.74 Å². The molecular formula is C18H26N6O2. The van der Waals surface area contributed by atoms with E-state index in [1.54, 1.807) is 13.3 Å². The SMILES string of the molecule is COCc1cc(N2CCC(N3CCNC(=O)CC3)CC2)n2nccc2n1. The van der Waals surface area contributed by atoms with Crippen LogP contribution in [0.1, 0.15) is 25.0 Å². The largest absolute Gasteiger partial charge is 0.378 e. The lowest BCUT2D eigenvalue weighted by Crippen LogP contribution is -2.46. The molecule has 2 aliphatic heterocycles. The number of nitrogens with one attached hydrogen (secondary N) is 1. The topological polar surface area (TPSA) is 75.0 Å². The van der Waals surface area contributed by atoms with Gasteiger partial charge in [-0.25, -0.2) is 4.98 Å². The average Bonchev–Trinajstić information content (AvgIpc) is 3.02. The molecule has 0 radical (unpaired) electrons. The van der Waals surface area contributed by atoms with Gasteiger partial charge in [0.15, 0.2) is 5.65 Å². The Labute approximate surface area is 153 Å². The molecule has 8 nitrogen and oxygen atoms in total. The first kappa shape index (κ1) is 17.2. The Bertz CT molecular complexity index is 768. The van der Waals surface area contributed by atoms with Crippen molar-refractivity contribution < 1.29 is 9.53 Å². The number of carbonyl (C=O) groups is 1. The number of nitrogens with zero attached hydrogens (tertiary/aromatic N) is 5. The molecule has 2 saturated heterocycles. The third-order valence-corrected chi connectivity index (χ3v) is 5.34. The van der Waals surface area contributed by atoms with Gasteiger partial charge >= 0.3 is 0 Å². The molecule has 140 valence electrons. The number of rotatable bonds is 4. The summed E-state index contributed by atoms with van der Waals surface area (Å²) >= 11 is 0. The molecule has 1 N–H and O–H groups in total. The normalized spacial score (nSPS) is 20.3. The number of aromatic nitrogens is 3. The van der Waals surface area contributed by atoms with Crippen LogP contribution in [-0.4, -0.2) is 71.3 Å². The van der Waals surface area contributed by atoms with E-state index < -0.39 is 0 Å². The molecule has 26 heavy (non-hydrogen) atoms. The number of anilines is 1. The van der Waals surface area contributed by atoms with Crippen LogP contribution in [0.25, 0.3) is 5.65 Å². The van der Waals surface area contributed by atoms with Crippen LogP contribution in [0.2, 0.25) is 0 Å². The molecule has 8 heteroatoms. The fourth-order valence-electron chi connectivity index (χ4n) is 4.00. The maximum atomic E-state index is 11.6. The molecule has 2 aromatic rings. The van der Waals surface area contributed by atoms with Gasteiger partial charge in [-0.2, -0.15) is 9.61 Å². The first-order valence-corrected chi connectivity index (χ1v) is 9.33. The van der Waals surface area contributed by atoms with Crippen LogP contribution in [0.4, 0.5) is 5.82 Å². The summed E-state index contributed by atoms with van der Waals surface area (Å²) < 4.78 is 7.17. The molecule has 0 unspecified atom stereocenters. The summed E-state index contributed by atoms with van der Waals surface area (Å²) in [5, 5.41) is 7.40. The van der Waals surface area contributed by atoms with Crippen molar-refractivity contribution in [3.63, 3.8) is 0 Å². The number of amides is 1. The van der Waals surface area contributed by atoms with Crippen molar-refractivity contribution in [2.75, 3.05) is 44.7 Å². The molecule has 2 fully saturated rings. The van der Waals surface area contributed by atoms with Crippen LogP contribution in [0.3, 0.4) is 0 Å². The molecule has 0 spiro atoms. The second kappa shape index (κ2) is 7.59. The molecule has 2 aliphatic rings. The molecule has 0 bridgehead atoms. The quantitative estimate of drug-likeness (QED) is 0.866. The van der Waals surface area contributed by atoms with Crippen molar-refractivity contribution in [3.8, 4) is 0 Å². The number of piperidine rings is 1. The number of fused-ring (bicyclic) bond motifs is 1. The van der Waals surface area contributed by atoms with Crippen LogP contribution in [-0.2, 0) is 16.1 Å². The van der Waals surface area contributed by atoms with E-state index >= 15 is 0 Å². The number of hydrogen-bond donors (Lipinski definition) is 1. The Kier molecular flexibility index (Phi) is 5.03. The highest BCUT2D eigenvalue weighted by Gasteiger charge is 2.27. The van der Waals surface area contributed by atoms with Gasteiger partial charge < -0.3 is 15.0 Å². The summed E-state index contributed by atoms with van der Waals surface area (Å²) in [5.41, 5.74) is 1.78. The smallest absolute Gasteiger partial charge is 0.221 e. The first-order valence-electron chi connectivity index (χ1n) is 9.33. The lowest BCUT2D eigenvalue weighted by Gasteiger charge is -2.38. The van der Waals surface area contributed by atoms with Crippen LogP contribution in [0, 0.1) is 0 Å². The van der Waals surface area contributed by atoms with Gasteiger partial charge in [-0.1, -0.05) is 0 Å². The van der Waals surface area contributed by atoms with Gasteiger partial charge in [0.25, 0.3) is 0 Å². The third-order valence-electron chi connectivity index (χ3n) is 5.34. The van der Waals surface area contributed by atoms with Gasteiger partial charge in [-0.05, 0) is 12.8 Å². The van der Waals surface area contributed by atoms with Gasteiger partial charge in [-0.3, -0.25) is 9.69 Å². The van der Waals surface area contributed by atoms with Gasteiger partial charge in [-0.15, -0.1) is 0 Å². The zero-order chi connectivity index (χ0) is 17.9. The molecular weight excluding hydrogens is 332 g/mol. The summed E-state index contributed by atoms with van der Waals surface area (Å²) in [6.07, 6.45) is 4.59. The maximum Gasteiger partial charge on any atom is 0.221 e. The number of carbonyl (C=O) groups excluding carboxylic acids is 1. The zero-order valence-corrected chi connectivity index (χ0v) is 15.2. The van der Waals surface area contributed by atoms with E-state index in [0.29, 0.717) is 19.1 Å². The minimum Gasteiger partial charge on any atom is -0.378 e. The second-order valence-corrected chi connectivity index (χ2v) is 6.99. The lowest BCUT2D eigenvalue weighted by molar-refractivity contribution is -0.120. The highest BCUT2D eigenvalue weighted by molar-refractivity contribution is 5.76. The van der Waals surface area contributed by atoms with Crippen molar-refractivity contribution in [3.05, 3.63) is 24.0 Å². The number of methoxy groups -OCH3 is 1. The van der Waals surface area contributed by atoms with Crippen molar-refractivity contribution >= 4 is 17.4 Å². The molecule has 0 aromatic carbocycles. The Morgan fingerprint density at radius 2 is 2.12 bits per heavy atom. The standard InChI is InChI=1S/C18H26N6O2/c1-26-13-14-12-18(24-16(21-14)2-6-20-24)23-8-3-15(4-9-23)22-10-5-17(25)19-7-11-22/h2,6,12,15H,3-5,7-11,13H2,1H3,(H,19,25). The molecule has 0 saturated carbocycles. The maximum absolute atomic E-state index is 11.6. The van der Waals surface area contributed by atoms with Crippen LogP contribution < -0.4 is 10.2 Å². The van der Waals surface area contributed by atoms with Crippen molar-refractivity contribution in [2.45, 2.75) is 31.9 Å². The van der Waals surface area contributed by atoms with Gasteiger partial charge in [0, 0.05) is 64.4 Å². The summed E-state index contributed by atoms with van der Waals surface area (Å²) in [6, 6.07) is 4.56. The summed E-state index contributed by atoms with van der Waals surface area (Å²) in [6.45, 7) is 5.04. The second-order valence-electron chi connectivity index (χ2n) is 6.99. The predicted molar refractivity (Wildman–Crippen MR) is 98.1 cm³/mol. The van der Waals surface area contributed by atoms with Crippen molar-refractivity contribution in [2.24, 2.45) is 0 Å². The molecule has 1 amide bonds. The Balaban J connectivity index is 1.47. The zero-order valence-electron chi connectivity index (χ0n) is 15.2. The fraction of sp³-hybridized carbons (Fsp3) is 0.611. The van der Waals surface area contributed by atoms with E-state index in [9.17, 15) is 4.79 Å². The molecule has 2 aromatic heterocycles. The predicted octanol–water partition coefficient (Wildman–Crippen LogP) is 0.666. The first-order chi connectivity index (χ1) is 12.7. The van der Waals surface area contributed by atoms with E-state index in [1.807, 2.05) is 10.6 Å². The van der Waals surface area contributed by atoms with Gasteiger partial charge in [0.05, 0.1) is 18.5 Å². The van der Waals surface area contributed by atoms with Crippen LogP contribution >= 0.6 is 0 Å². The Hall–Kier alpha value is -2.19. The molecule has 0 atom stereocenters. The van der Waals surface area contributed by atoms with Gasteiger partial charge in [0.2, 0.25) is 5.91 Å². The van der Waals surface area contributed by atoms with E-state index in [2.05, 4.69) is 31.3 Å². The lowest BCUT2D eigenvalue weighted by atomic mass is 10.0. The van der Waals surface area contributed by atoms with E-state index in [0.717, 1.165) is 62.7 Å². The fourth-order valence-corrected chi connectivity index (χ4v) is 4.00. The van der Waals surface area contributed by atoms with Crippen molar-refractivity contribution in [1.29, 1.82) is 0 Å². The molecule has 4 heterocycles. The number of hydrogen-bond acceptors (Lipinski definition) is 6. The summed E-state index contributed by atoms with van der Waals surface area (Å²) in [7, 11) is 1.69. The van der Waals surface area contributed by atoms with Crippen LogP contribution in [0.5, 0.6) is 0 Å².